The average molecular weight is 599 g/mol. The summed E-state index contributed by atoms with van der Waals surface area (Å²) in [4.78, 5) is 11.1. The average Bonchev–Trinajstić information content (AvgIpc) is 2.75. The Morgan fingerprint density at radius 3 is 1.68 bits per heavy atom. The molecule has 38 heavy (non-hydrogen) atoms. The van der Waals surface area contributed by atoms with Crippen LogP contribution in [0, 0.1) is 5.41 Å². The Morgan fingerprint density at radius 2 is 1.37 bits per heavy atom. The number of amides is 1. The Morgan fingerprint density at radius 1 is 0.947 bits per heavy atom. The Kier molecular flexibility index (Phi) is 14.2. The maximum atomic E-state index is 12.5. The van der Waals surface area contributed by atoms with Crippen molar-refractivity contribution in [2.24, 2.45) is 5.41 Å². The molecule has 1 rings (SSSR count). The summed E-state index contributed by atoms with van der Waals surface area (Å²) in [5.41, 5.74) is -10.8. The van der Waals surface area contributed by atoms with Crippen LogP contribution in [0.15, 0.2) is 24.3 Å². The molecular weight excluding hydrogens is 572 g/mol. The Bertz CT molecular complexity index is 978. The van der Waals surface area contributed by atoms with E-state index in [1.54, 1.807) is 19.1 Å². The van der Waals surface area contributed by atoms with E-state index in [9.17, 15) is 52.7 Å². The monoisotopic (exact) mass is 599 g/mol. The zero-order valence-corrected chi connectivity index (χ0v) is 24.2. The van der Waals surface area contributed by atoms with Crippen molar-refractivity contribution in [1.82, 2.24) is 0 Å². The zero-order valence-electron chi connectivity index (χ0n) is 21.3. The number of ether oxygens (including phenoxy) is 1. The zero-order chi connectivity index (χ0) is 29.7. The van der Waals surface area contributed by atoms with E-state index in [2.05, 4.69) is 9.46 Å². The molecule has 216 valence electrons. The van der Waals surface area contributed by atoms with Gasteiger partial charge in [-0.2, -0.15) is 39.5 Å². The first-order chi connectivity index (χ1) is 16.4. The molecule has 0 bridgehead atoms. The van der Waals surface area contributed by atoms with Crippen LogP contribution >= 0.6 is 0 Å². The minimum absolute atomic E-state index is 0. The Hall–Kier alpha value is -1.23. The van der Waals surface area contributed by atoms with Gasteiger partial charge in [0.25, 0.3) is 5.60 Å². The number of hydrogen-bond donors (Lipinski definition) is 1. The van der Waals surface area contributed by atoms with E-state index in [4.69, 9.17) is 5.11 Å². The largest absolute Gasteiger partial charge is 1.00 e. The molecule has 0 aliphatic heterocycles. The van der Waals surface area contributed by atoms with Gasteiger partial charge in [0.1, 0.15) is 12.4 Å². The van der Waals surface area contributed by atoms with Gasteiger partial charge in [-0.05, 0) is 36.5 Å². The third-order valence-corrected chi connectivity index (χ3v) is 6.40. The third kappa shape index (κ3) is 10.4. The molecule has 0 heterocycles. The van der Waals surface area contributed by atoms with E-state index in [1.165, 1.54) is 26.0 Å². The van der Waals surface area contributed by atoms with E-state index < -0.39 is 51.4 Å². The second-order valence-electron chi connectivity index (χ2n) is 8.58. The molecule has 1 amide bonds. The number of carbonyl (C=O) groups is 1. The number of sulfonamides is 1. The fourth-order valence-corrected chi connectivity index (χ4v) is 2.65. The number of benzene rings is 1. The number of nitrogens with zero attached hydrogens (tertiary/aromatic N) is 1. The van der Waals surface area contributed by atoms with Crippen LogP contribution in [-0.2, 0) is 14.8 Å². The normalized spacial score (nSPS) is 14.0. The first kappa shape index (κ1) is 38.9. The van der Waals surface area contributed by atoms with Crippen molar-refractivity contribution in [3.8, 4) is 5.75 Å². The molecule has 1 N–H and O–H groups in total. The van der Waals surface area contributed by atoms with E-state index in [0.717, 1.165) is 12.0 Å². The van der Waals surface area contributed by atoms with Crippen LogP contribution < -0.4 is 34.3 Å². The van der Waals surface area contributed by atoms with Crippen LogP contribution in [0.2, 0.25) is 0 Å². The van der Waals surface area contributed by atoms with Gasteiger partial charge in [0.15, 0.2) is 10.0 Å². The molecular formula is C21H27F9NNaO5S. The number of rotatable bonds is 8. The molecule has 0 aromatic heterocycles. The van der Waals surface area contributed by atoms with E-state index in [1.807, 2.05) is 13.8 Å². The van der Waals surface area contributed by atoms with Gasteiger partial charge in [-0.1, -0.05) is 46.8 Å². The fraction of sp³-hybridized carbons (Fsp3) is 0.667. The molecule has 0 fully saturated rings. The summed E-state index contributed by atoms with van der Waals surface area (Å²) in [6.45, 7) is 6.12. The minimum Gasteiger partial charge on any atom is -0.538 e. The van der Waals surface area contributed by atoms with Crippen molar-refractivity contribution in [3.05, 3.63) is 34.6 Å². The molecule has 6 nitrogen and oxygen atoms in total. The van der Waals surface area contributed by atoms with Gasteiger partial charge in [0.2, 0.25) is 0 Å². The summed E-state index contributed by atoms with van der Waals surface area (Å²) >= 11 is 0. The van der Waals surface area contributed by atoms with Gasteiger partial charge in [0, 0.05) is 5.41 Å². The molecule has 0 aliphatic carbocycles. The topological polar surface area (TPSA) is 94.8 Å². The number of alkyl halides is 9. The van der Waals surface area contributed by atoms with Gasteiger partial charge < -0.3 is 19.4 Å². The van der Waals surface area contributed by atoms with Gasteiger partial charge in [-0.3, -0.25) is 0 Å². The van der Waals surface area contributed by atoms with Gasteiger partial charge in [-0.15, -0.1) is 0 Å². The first-order valence-electron chi connectivity index (χ1n) is 10.5. The Balaban J connectivity index is 0. The molecule has 1 atom stereocenters. The van der Waals surface area contributed by atoms with Crippen molar-refractivity contribution < 1.29 is 92.1 Å². The number of aliphatic hydroxyl groups is 1. The minimum atomic E-state index is -5.89. The van der Waals surface area contributed by atoms with Crippen LogP contribution in [0.4, 0.5) is 39.5 Å². The number of hydrogen-bond acceptors (Lipinski definition) is 5. The van der Waals surface area contributed by atoms with Crippen LogP contribution in [0.5, 0.6) is 5.75 Å². The third-order valence-electron chi connectivity index (χ3n) is 5.41. The van der Waals surface area contributed by atoms with Gasteiger partial charge in [0.05, 0.1) is 5.91 Å². The molecule has 1 aromatic rings. The van der Waals surface area contributed by atoms with E-state index in [0.29, 0.717) is 0 Å². The van der Waals surface area contributed by atoms with Crippen LogP contribution in [-0.4, -0.2) is 49.5 Å². The molecule has 1 unspecified atom stereocenters. The molecule has 0 saturated heterocycles. The standard InChI is InChI=1S/C14H16F6O2.C7H12F3NO3S.Na/c1-3-9(2)10-4-6-11(7-5-10)22-8-12(21,13(15,16)17)14(18,19)20;1-4-6(2,3)5(12)11-15(13,14)7(8,9)10;/h4-7,9,21H,3,8H2,1-2H3;4H2,1-3H3,(H,11,12);/q;;+1/p-1. The second-order valence-corrected chi connectivity index (χ2v) is 10.2. The van der Waals surface area contributed by atoms with Crippen molar-refractivity contribution in [2.75, 3.05) is 6.61 Å². The molecule has 0 saturated carbocycles. The first-order valence-corrected chi connectivity index (χ1v) is 12.0. The van der Waals surface area contributed by atoms with Crippen LogP contribution in [0.1, 0.15) is 58.9 Å². The van der Waals surface area contributed by atoms with Crippen LogP contribution in [0.25, 0.3) is 4.72 Å². The SMILES string of the molecule is CCC(C)(C)C(=O)[N-]S(=O)(=O)C(F)(F)F.CCC(C)c1ccc(OCC(O)(C(F)(F)F)C(F)(F)F)cc1.[Na+]. The van der Waals surface area contributed by atoms with Crippen molar-refractivity contribution in [2.45, 2.75) is 76.8 Å². The molecule has 1 aromatic carbocycles. The molecule has 0 spiro atoms. The quantitative estimate of drug-likeness (QED) is 0.364. The molecule has 0 aliphatic rings. The maximum absolute atomic E-state index is 12.5. The maximum Gasteiger partial charge on any atom is 1.00 e. The van der Waals surface area contributed by atoms with E-state index >= 15 is 0 Å². The van der Waals surface area contributed by atoms with Crippen molar-refractivity contribution in [1.29, 1.82) is 0 Å². The van der Waals surface area contributed by atoms with E-state index in [-0.39, 0.29) is 47.6 Å². The smallest absolute Gasteiger partial charge is 0.538 e. The predicted molar refractivity (Wildman–Crippen MR) is 115 cm³/mol. The summed E-state index contributed by atoms with van der Waals surface area (Å²) in [5.74, 6) is -1.27. The Labute approximate surface area is 236 Å². The fourth-order valence-electron chi connectivity index (χ4n) is 2.08. The summed E-state index contributed by atoms with van der Waals surface area (Å²) in [6.07, 6.45) is -10.7. The van der Waals surface area contributed by atoms with Gasteiger partial charge in [-0.25, -0.2) is 8.42 Å². The summed E-state index contributed by atoms with van der Waals surface area (Å²) < 4.78 is 138. The molecule has 17 heteroatoms. The van der Waals surface area contributed by atoms with Gasteiger partial charge >= 0.3 is 47.4 Å². The molecule has 0 radical (unpaired) electrons. The van der Waals surface area contributed by atoms with Crippen LogP contribution in [0.3, 0.4) is 0 Å². The number of carbonyl (C=O) groups excluding carboxylic acids is 1. The second kappa shape index (κ2) is 13.9. The summed E-state index contributed by atoms with van der Waals surface area (Å²) in [5, 5.41) is 8.95. The summed E-state index contributed by atoms with van der Waals surface area (Å²) in [6, 6.07) is 5.66. The predicted octanol–water partition coefficient (Wildman–Crippen LogP) is 3.61. The van der Waals surface area contributed by atoms with Crippen molar-refractivity contribution in [3.63, 3.8) is 0 Å². The van der Waals surface area contributed by atoms with Crippen molar-refractivity contribution >= 4 is 15.9 Å². The number of halogens is 9. The summed E-state index contributed by atoms with van der Waals surface area (Å²) in [7, 11) is -5.71.